The van der Waals surface area contributed by atoms with Crippen LogP contribution >= 0.6 is 81.8 Å². The Labute approximate surface area is 199 Å². The topological polar surface area (TPSA) is 53.2 Å². The summed E-state index contributed by atoms with van der Waals surface area (Å²) in [6.07, 6.45) is 0.550. The maximum atomic E-state index is 12.7. The molecule has 1 aliphatic rings. The van der Waals surface area contributed by atoms with Crippen LogP contribution < -0.4 is 16.0 Å². The summed E-state index contributed by atoms with van der Waals surface area (Å²) in [6.45, 7) is 3.85. The lowest BCUT2D eigenvalue weighted by molar-refractivity contribution is -0.123. The highest BCUT2D eigenvalue weighted by Crippen LogP contribution is 2.59. The van der Waals surface area contributed by atoms with Crippen LogP contribution in [-0.2, 0) is 4.79 Å². The second-order valence-electron chi connectivity index (χ2n) is 6.84. The van der Waals surface area contributed by atoms with Crippen molar-refractivity contribution in [1.82, 2.24) is 10.6 Å². The minimum Gasteiger partial charge on any atom is -0.339 e. The molecule has 1 aromatic rings. The fourth-order valence-corrected chi connectivity index (χ4v) is 3.92. The van der Waals surface area contributed by atoms with Gasteiger partial charge >= 0.3 is 0 Å². The molecule has 11 heteroatoms. The fraction of sp³-hybridized carbons (Fsp3) is 0.412. The minimum absolute atomic E-state index is 0.106. The predicted molar refractivity (Wildman–Crippen MR) is 124 cm³/mol. The molecule has 0 aliphatic heterocycles. The van der Waals surface area contributed by atoms with E-state index in [0.29, 0.717) is 10.7 Å². The lowest BCUT2D eigenvalue weighted by Gasteiger charge is -2.28. The second kappa shape index (κ2) is 9.34. The summed E-state index contributed by atoms with van der Waals surface area (Å²) in [6, 6.07) is 7.00. The highest BCUT2D eigenvalue weighted by atomic mass is 35.6. The van der Waals surface area contributed by atoms with Gasteiger partial charge < -0.3 is 16.0 Å². The monoisotopic (exact) mass is 521 g/mol. The normalized spacial score (nSPS) is 21.3. The quantitative estimate of drug-likeness (QED) is 0.250. The summed E-state index contributed by atoms with van der Waals surface area (Å²) < 4.78 is -1.76. The standard InChI is InChI=1S/C17H17Cl6N3OS/c1-16(2)8(7-11(19)20)12(16)13(27)25-14(17(21,22)23)26-15(28)24-10-6-4-3-5-9(10)18/h3-8,12,14H,1-2H3,(H,25,27)(H2,24,26,28)/t8-,12+,14+/m0/s1. The summed E-state index contributed by atoms with van der Waals surface area (Å²) in [4.78, 5) is 12.7. The number of halogens is 6. The number of allylic oxidation sites excluding steroid dienone is 1. The number of para-hydroxylation sites is 1. The summed E-state index contributed by atoms with van der Waals surface area (Å²) in [7, 11) is 0. The first-order valence-corrected chi connectivity index (χ1v) is 10.7. The van der Waals surface area contributed by atoms with E-state index >= 15 is 0 Å². The smallest absolute Gasteiger partial charge is 0.228 e. The Morgan fingerprint density at radius 2 is 1.82 bits per heavy atom. The first-order valence-electron chi connectivity index (χ1n) is 8.06. The summed E-state index contributed by atoms with van der Waals surface area (Å²) in [5.74, 6) is -0.811. The second-order valence-corrected chi connectivity index (χ2v) is 11.0. The molecule has 154 valence electrons. The van der Waals surface area contributed by atoms with Crippen molar-refractivity contribution < 1.29 is 4.79 Å². The zero-order valence-electron chi connectivity index (χ0n) is 14.7. The Morgan fingerprint density at radius 1 is 1.21 bits per heavy atom. The first-order chi connectivity index (χ1) is 12.8. The van der Waals surface area contributed by atoms with E-state index in [4.69, 9.17) is 81.8 Å². The van der Waals surface area contributed by atoms with Gasteiger partial charge in [-0.3, -0.25) is 4.79 Å². The van der Waals surface area contributed by atoms with Crippen molar-refractivity contribution in [2.75, 3.05) is 5.32 Å². The molecular formula is C17H17Cl6N3OS. The number of alkyl halides is 3. The van der Waals surface area contributed by atoms with Crippen LogP contribution in [0.5, 0.6) is 0 Å². The van der Waals surface area contributed by atoms with E-state index in [0.717, 1.165) is 0 Å². The van der Waals surface area contributed by atoms with E-state index in [1.807, 2.05) is 13.8 Å². The van der Waals surface area contributed by atoms with Crippen LogP contribution in [0.2, 0.25) is 5.02 Å². The third-order valence-corrected chi connectivity index (χ3v) is 5.97. The Bertz CT molecular complexity index is 791. The molecule has 0 spiro atoms. The summed E-state index contributed by atoms with van der Waals surface area (Å²) in [5, 5.41) is 8.97. The molecule has 0 radical (unpaired) electrons. The highest BCUT2D eigenvalue weighted by molar-refractivity contribution is 7.80. The molecule has 0 unspecified atom stereocenters. The molecule has 1 saturated carbocycles. The van der Waals surface area contributed by atoms with Crippen molar-refractivity contribution in [1.29, 1.82) is 0 Å². The third kappa shape index (κ3) is 6.18. The fourth-order valence-electron chi connectivity index (χ4n) is 2.91. The Morgan fingerprint density at radius 3 is 2.36 bits per heavy atom. The lowest BCUT2D eigenvalue weighted by atomic mass is 10.1. The van der Waals surface area contributed by atoms with Crippen LogP contribution in [0, 0.1) is 17.3 Å². The van der Waals surface area contributed by atoms with Crippen LogP contribution in [0.15, 0.2) is 34.8 Å². The predicted octanol–water partition coefficient (Wildman–Crippen LogP) is 6.03. The molecule has 0 saturated heterocycles. The van der Waals surface area contributed by atoms with E-state index in [1.54, 1.807) is 30.3 Å². The Kier molecular flexibility index (Phi) is 8.05. The van der Waals surface area contributed by atoms with E-state index in [1.165, 1.54) is 0 Å². The molecule has 4 nitrogen and oxygen atoms in total. The average molecular weight is 524 g/mol. The minimum atomic E-state index is -1.86. The van der Waals surface area contributed by atoms with Crippen molar-refractivity contribution in [3.05, 3.63) is 39.9 Å². The van der Waals surface area contributed by atoms with E-state index in [-0.39, 0.29) is 32.8 Å². The van der Waals surface area contributed by atoms with Crippen LogP contribution in [0.25, 0.3) is 0 Å². The molecule has 1 aliphatic carbocycles. The summed E-state index contributed by atoms with van der Waals surface area (Å²) in [5.41, 5.74) is 0.245. The molecule has 28 heavy (non-hydrogen) atoms. The van der Waals surface area contributed by atoms with Crippen molar-refractivity contribution in [3.8, 4) is 0 Å². The van der Waals surface area contributed by atoms with Crippen LogP contribution in [0.4, 0.5) is 5.69 Å². The van der Waals surface area contributed by atoms with Gasteiger partial charge in [-0.05, 0) is 41.8 Å². The molecule has 0 heterocycles. The van der Waals surface area contributed by atoms with Crippen molar-refractivity contribution in [2.24, 2.45) is 17.3 Å². The van der Waals surface area contributed by atoms with Crippen molar-refractivity contribution in [2.45, 2.75) is 23.8 Å². The molecule has 1 amide bonds. The molecule has 2 rings (SSSR count). The van der Waals surface area contributed by atoms with Gasteiger partial charge in [-0.1, -0.05) is 95.6 Å². The molecule has 3 atom stereocenters. The van der Waals surface area contributed by atoms with Gasteiger partial charge in [-0.15, -0.1) is 0 Å². The van der Waals surface area contributed by atoms with Gasteiger partial charge in [0.05, 0.1) is 16.6 Å². The number of nitrogens with one attached hydrogen (secondary N) is 3. The van der Waals surface area contributed by atoms with Crippen molar-refractivity contribution in [3.63, 3.8) is 0 Å². The number of anilines is 1. The van der Waals surface area contributed by atoms with Crippen molar-refractivity contribution >= 4 is 98.5 Å². The van der Waals surface area contributed by atoms with Gasteiger partial charge in [0, 0.05) is 0 Å². The number of rotatable bonds is 5. The Hall–Kier alpha value is -0.140. The maximum absolute atomic E-state index is 12.7. The van der Waals surface area contributed by atoms with Crippen LogP contribution in [0.3, 0.4) is 0 Å². The first kappa shape index (κ1) is 24.1. The maximum Gasteiger partial charge on any atom is 0.228 e. The number of amides is 1. The number of carbonyl (C=O) groups is 1. The van der Waals surface area contributed by atoms with E-state index in [2.05, 4.69) is 16.0 Å². The third-order valence-electron chi connectivity index (χ3n) is 4.51. The Balaban J connectivity index is 2.06. The van der Waals surface area contributed by atoms with Gasteiger partial charge in [0.2, 0.25) is 9.70 Å². The largest absolute Gasteiger partial charge is 0.339 e. The van der Waals surface area contributed by atoms with Gasteiger partial charge in [-0.25, -0.2) is 0 Å². The number of carbonyl (C=O) groups excluding carboxylic acids is 1. The number of hydrogen-bond acceptors (Lipinski definition) is 2. The van der Waals surface area contributed by atoms with Gasteiger partial charge in [0.25, 0.3) is 0 Å². The molecule has 1 fully saturated rings. The van der Waals surface area contributed by atoms with Gasteiger partial charge in [-0.2, -0.15) is 0 Å². The number of benzene rings is 1. The average Bonchev–Trinajstić information content (AvgIpc) is 3.07. The van der Waals surface area contributed by atoms with Gasteiger partial charge in [0.15, 0.2) is 5.11 Å². The molecule has 0 aromatic heterocycles. The zero-order valence-corrected chi connectivity index (χ0v) is 20.1. The van der Waals surface area contributed by atoms with Crippen LogP contribution in [0.1, 0.15) is 13.8 Å². The molecule has 0 bridgehead atoms. The zero-order chi connectivity index (χ0) is 21.3. The summed E-state index contributed by atoms with van der Waals surface area (Å²) >= 11 is 40.9. The molecule has 1 aromatic carbocycles. The SMILES string of the molecule is CC1(C)[C@@H](C=C(Cl)Cl)[C@@H]1C(=O)N[C@H](NC(=S)Nc1ccccc1Cl)C(Cl)(Cl)Cl. The number of thiocarbonyl (C=S) groups is 1. The highest BCUT2D eigenvalue weighted by Gasteiger charge is 2.61. The van der Waals surface area contributed by atoms with E-state index in [9.17, 15) is 4.79 Å². The molecular weight excluding hydrogens is 507 g/mol. The van der Waals surface area contributed by atoms with Gasteiger partial charge in [0.1, 0.15) is 10.7 Å². The number of hydrogen-bond donors (Lipinski definition) is 3. The van der Waals surface area contributed by atoms with Crippen LogP contribution in [-0.4, -0.2) is 21.0 Å². The molecule has 3 N–H and O–H groups in total. The lowest BCUT2D eigenvalue weighted by Crippen LogP contribution is -2.56. The van der Waals surface area contributed by atoms with E-state index < -0.39 is 9.96 Å².